The number of aliphatic imine (C=N–C) groups is 1. The molecular weight excluding hydrogens is 324 g/mol. The van der Waals surface area contributed by atoms with Gasteiger partial charge in [0.15, 0.2) is 5.17 Å². The lowest BCUT2D eigenvalue weighted by molar-refractivity contribution is -0.136. The zero-order valence-corrected chi connectivity index (χ0v) is 13.4. The fourth-order valence-corrected chi connectivity index (χ4v) is 3.00. The monoisotopic (exact) mass is 338 g/mol. The van der Waals surface area contributed by atoms with Crippen LogP contribution >= 0.6 is 11.8 Å². The minimum Gasteiger partial charge on any atom is -0.481 e. The summed E-state index contributed by atoms with van der Waals surface area (Å²) in [5, 5.41) is 12.0. The Balaban J connectivity index is 1.74. The number of hydrogen-bond acceptors (Lipinski definition) is 4. The molecule has 2 aromatic rings. The van der Waals surface area contributed by atoms with Gasteiger partial charge in [-0.25, -0.2) is 4.99 Å². The topological polar surface area (TPSA) is 78.8 Å². The number of carboxylic acids is 1. The predicted molar refractivity (Wildman–Crippen MR) is 95.0 cm³/mol. The van der Waals surface area contributed by atoms with Crippen LogP contribution in [-0.4, -0.2) is 22.2 Å². The second-order valence-electron chi connectivity index (χ2n) is 5.13. The normalized spacial score (nSPS) is 17.2. The maximum Gasteiger partial charge on any atom is 0.307 e. The molecule has 6 heteroatoms. The molecule has 2 N–H and O–H groups in total. The van der Waals surface area contributed by atoms with Crippen LogP contribution in [0, 0.1) is 0 Å². The highest BCUT2D eigenvalue weighted by molar-refractivity contribution is 8.18. The van der Waals surface area contributed by atoms with Crippen LogP contribution in [0.3, 0.4) is 0 Å². The molecule has 0 radical (unpaired) electrons. The Hall–Kier alpha value is -2.86. The van der Waals surface area contributed by atoms with Crippen LogP contribution < -0.4 is 5.32 Å². The van der Waals surface area contributed by atoms with Gasteiger partial charge in [-0.1, -0.05) is 42.5 Å². The van der Waals surface area contributed by atoms with Gasteiger partial charge in [-0.05, 0) is 41.1 Å². The number of amides is 1. The van der Waals surface area contributed by atoms with Gasteiger partial charge in [0.25, 0.3) is 5.91 Å². The van der Waals surface area contributed by atoms with E-state index >= 15 is 0 Å². The lowest BCUT2D eigenvalue weighted by Gasteiger charge is -1.99. The third-order valence-electron chi connectivity index (χ3n) is 3.27. The van der Waals surface area contributed by atoms with Gasteiger partial charge in [0.2, 0.25) is 0 Å². The summed E-state index contributed by atoms with van der Waals surface area (Å²) in [6.07, 6.45) is 1.80. The third-order valence-corrected chi connectivity index (χ3v) is 4.18. The molecule has 1 fully saturated rings. The van der Waals surface area contributed by atoms with E-state index in [1.165, 1.54) is 11.8 Å². The van der Waals surface area contributed by atoms with Crippen molar-refractivity contribution in [3.05, 3.63) is 70.6 Å². The summed E-state index contributed by atoms with van der Waals surface area (Å²) in [4.78, 5) is 27.6. The smallest absolute Gasteiger partial charge is 0.307 e. The number of hydrogen-bond donors (Lipinski definition) is 2. The van der Waals surface area contributed by atoms with Gasteiger partial charge in [0, 0.05) is 0 Å². The van der Waals surface area contributed by atoms with Crippen molar-refractivity contribution in [1.82, 2.24) is 5.32 Å². The largest absolute Gasteiger partial charge is 0.481 e. The van der Waals surface area contributed by atoms with Crippen molar-refractivity contribution >= 4 is 40.6 Å². The first kappa shape index (κ1) is 16.0. The summed E-state index contributed by atoms with van der Waals surface area (Å²) in [6, 6.07) is 16.5. The number of nitrogens with one attached hydrogen (secondary N) is 1. The van der Waals surface area contributed by atoms with Crippen LogP contribution in [-0.2, 0) is 16.0 Å². The van der Waals surface area contributed by atoms with Crippen molar-refractivity contribution in [3.8, 4) is 0 Å². The molecule has 24 heavy (non-hydrogen) atoms. The minimum atomic E-state index is -0.872. The first-order valence-corrected chi connectivity index (χ1v) is 8.07. The molecule has 1 aliphatic rings. The second kappa shape index (κ2) is 7.14. The molecule has 0 unspecified atom stereocenters. The molecule has 120 valence electrons. The van der Waals surface area contributed by atoms with Crippen LogP contribution in [0.2, 0.25) is 0 Å². The quantitative estimate of drug-likeness (QED) is 0.839. The van der Waals surface area contributed by atoms with Gasteiger partial charge in [0.1, 0.15) is 0 Å². The van der Waals surface area contributed by atoms with Crippen LogP contribution in [0.1, 0.15) is 11.1 Å². The van der Waals surface area contributed by atoms with Crippen LogP contribution in [0.15, 0.2) is 64.5 Å². The van der Waals surface area contributed by atoms with E-state index in [2.05, 4.69) is 10.3 Å². The highest BCUT2D eigenvalue weighted by Gasteiger charge is 2.23. The molecular formula is C18H14N2O3S. The van der Waals surface area contributed by atoms with Crippen LogP contribution in [0.4, 0.5) is 5.69 Å². The van der Waals surface area contributed by atoms with Crippen molar-refractivity contribution in [3.63, 3.8) is 0 Å². The molecule has 0 aromatic heterocycles. The number of carbonyl (C=O) groups is 2. The third kappa shape index (κ3) is 4.11. The standard InChI is InChI=1S/C18H14N2O3S/c21-16(22)11-13-6-8-14(9-7-13)19-18-20-17(23)15(24-18)10-12-4-2-1-3-5-12/h1-10H,11H2,(H,21,22)(H,19,20,23)/b15-10+. The molecule has 1 saturated heterocycles. The SMILES string of the molecule is O=C(O)Cc1ccc(N=C2NC(=O)/C(=C\c3ccccc3)S2)cc1. The molecule has 5 nitrogen and oxygen atoms in total. The highest BCUT2D eigenvalue weighted by atomic mass is 32.2. The van der Waals surface area contributed by atoms with Crippen LogP contribution in [0.25, 0.3) is 6.08 Å². The first-order valence-electron chi connectivity index (χ1n) is 7.25. The maximum absolute atomic E-state index is 12.0. The van der Waals surface area contributed by atoms with E-state index in [-0.39, 0.29) is 12.3 Å². The second-order valence-corrected chi connectivity index (χ2v) is 6.16. The Morgan fingerprint density at radius 3 is 2.50 bits per heavy atom. The zero-order chi connectivity index (χ0) is 16.9. The molecule has 0 atom stereocenters. The fraction of sp³-hybridized carbons (Fsp3) is 0.0556. The summed E-state index contributed by atoms with van der Waals surface area (Å²) in [5.41, 5.74) is 2.32. The summed E-state index contributed by atoms with van der Waals surface area (Å²) in [7, 11) is 0. The molecule has 0 bridgehead atoms. The molecule has 0 saturated carbocycles. The molecule has 2 aromatic carbocycles. The number of carbonyl (C=O) groups excluding carboxylic acids is 1. The van der Waals surface area contributed by atoms with Crippen LogP contribution in [0.5, 0.6) is 0 Å². The lowest BCUT2D eigenvalue weighted by Crippen LogP contribution is -2.19. The molecule has 1 amide bonds. The number of benzene rings is 2. The molecule has 3 rings (SSSR count). The fourth-order valence-electron chi connectivity index (χ4n) is 2.16. The average Bonchev–Trinajstić information content (AvgIpc) is 2.89. The lowest BCUT2D eigenvalue weighted by atomic mass is 10.1. The molecule has 1 heterocycles. The summed E-state index contributed by atoms with van der Waals surface area (Å²) in [6.45, 7) is 0. The molecule has 0 spiro atoms. The van der Waals surface area contributed by atoms with E-state index in [4.69, 9.17) is 5.11 Å². The number of thioether (sulfide) groups is 1. The van der Waals surface area contributed by atoms with Crippen molar-refractivity contribution in [1.29, 1.82) is 0 Å². The van der Waals surface area contributed by atoms with Crippen molar-refractivity contribution in [2.75, 3.05) is 0 Å². The zero-order valence-electron chi connectivity index (χ0n) is 12.6. The highest BCUT2D eigenvalue weighted by Crippen LogP contribution is 2.28. The number of rotatable bonds is 4. The van der Waals surface area contributed by atoms with Gasteiger partial charge >= 0.3 is 5.97 Å². The Labute approximate surface area is 143 Å². The Kier molecular flexibility index (Phi) is 4.77. The number of aliphatic carboxylic acids is 1. The summed E-state index contributed by atoms with van der Waals surface area (Å²) < 4.78 is 0. The van der Waals surface area contributed by atoms with E-state index in [0.717, 1.165) is 5.56 Å². The Morgan fingerprint density at radius 2 is 1.83 bits per heavy atom. The Morgan fingerprint density at radius 1 is 1.12 bits per heavy atom. The van der Waals surface area contributed by atoms with Crippen molar-refractivity contribution in [2.24, 2.45) is 4.99 Å². The van der Waals surface area contributed by atoms with Gasteiger partial charge in [-0.15, -0.1) is 0 Å². The van der Waals surface area contributed by atoms with E-state index in [1.807, 2.05) is 36.4 Å². The van der Waals surface area contributed by atoms with Crippen molar-refractivity contribution in [2.45, 2.75) is 6.42 Å². The predicted octanol–water partition coefficient (Wildman–Crippen LogP) is 3.21. The average molecular weight is 338 g/mol. The number of carboxylic acid groups (broad SMARTS) is 1. The minimum absolute atomic E-state index is 0.0215. The van der Waals surface area contributed by atoms with E-state index in [9.17, 15) is 9.59 Å². The number of amidine groups is 1. The summed E-state index contributed by atoms with van der Waals surface area (Å²) in [5.74, 6) is -1.05. The van der Waals surface area contributed by atoms with E-state index < -0.39 is 5.97 Å². The first-order chi connectivity index (χ1) is 11.6. The van der Waals surface area contributed by atoms with E-state index in [0.29, 0.717) is 21.3 Å². The molecule has 0 aliphatic carbocycles. The summed E-state index contributed by atoms with van der Waals surface area (Å²) >= 11 is 1.28. The maximum atomic E-state index is 12.0. The number of nitrogens with zero attached hydrogens (tertiary/aromatic N) is 1. The van der Waals surface area contributed by atoms with Gasteiger partial charge in [-0.3, -0.25) is 9.59 Å². The van der Waals surface area contributed by atoms with E-state index in [1.54, 1.807) is 24.3 Å². The van der Waals surface area contributed by atoms with Gasteiger partial charge in [0.05, 0.1) is 17.0 Å². The van der Waals surface area contributed by atoms with Gasteiger partial charge < -0.3 is 10.4 Å². The van der Waals surface area contributed by atoms with Crippen molar-refractivity contribution < 1.29 is 14.7 Å². The van der Waals surface area contributed by atoms with Gasteiger partial charge in [-0.2, -0.15) is 0 Å². The molecule has 1 aliphatic heterocycles. The Bertz CT molecular complexity index is 827.